The molecule has 2 aromatic rings. The maximum absolute atomic E-state index is 14.1. The molecule has 0 unspecified atom stereocenters. The van der Waals surface area contributed by atoms with Crippen LogP contribution in [0, 0.1) is 0 Å². The van der Waals surface area contributed by atoms with E-state index >= 15 is 0 Å². The minimum Gasteiger partial charge on any atom is -0.372 e. The minimum atomic E-state index is -4.97. The number of halogens is 5. The van der Waals surface area contributed by atoms with Crippen molar-refractivity contribution in [2.45, 2.75) is 25.6 Å². The number of hydrogen-bond acceptors (Lipinski definition) is 4. The summed E-state index contributed by atoms with van der Waals surface area (Å²) in [5, 5.41) is 11.5. The molecular weight excluding hydrogens is 482 g/mol. The summed E-state index contributed by atoms with van der Waals surface area (Å²) in [6.07, 6.45) is -4.97. The smallest absolute Gasteiger partial charge is 0.372 e. The van der Waals surface area contributed by atoms with Crippen LogP contribution < -0.4 is 10.6 Å². The van der Waals surface area contributed by atoms with E-state index in [4.69, 9.17) is 17.3 Å². The number of fused-ring (bicyclic) bond motifs is 1. The van der Waals surface area contributed by atoms with Crippen molar-refractivity contribution >= 4 is 41.5 Å². The summed E-state index contributed by atoms with van der Waals surface area (Å²) in [5.74, 6) is -2.05. The standard InChI is InChI=1S/C22H23ClF3N3O3.ClH/c1-3-28(4-2)9-10-29-17-12-13(19(27)30)11-15(22(24,25)26)18(17)21(32,20(29)31)14-7-5-6-8-16(14)23;/h5-8,11-12,32H,3-4,9-10H2,1-2H3,(H2,27,30);1H/t21-;/m1./s1. The van der Waals surface area contributed by atoms with Gasteiger partial charge in [-0.15, -0.1) is 12.4 Å². The van der Waals surface area contributed by atoms with E-state index < -0.39 is 40.3 Å². The highest BCUT2D eigenvalue weighted by Gasteiger charge is 2.56. The molecule has 0 radical (unpaired) electrons. The van der Waals surface area contributed by atoms with E-state index in [1.807, 2.05) is 18.7 Å². The largest absolute Gasteiger partial charge is 0.416 e. The fourth-order valence-corrected chi connectivity index (χ4v) is 4.28. The number of nitrogens with two attached hydrogens (primary N) is 1. The monoisotopic (exact) mass is 505 g/mol. The Labute approximate surface area is 200 Å². The van der Waals surface area contributed by atoms with Crippen LogP contribution in [0.5, 0.6) is 0 Å². The summed E-state index contributed by atoms with van der Waals surface area (Å²) in [5.41, 5.74) is -0.192. The highest BCUT2D eigenvalue weighted by Crippen LogP contribution is 2.51. The van der Waals surface area contributed by atoms with Crippen LogP contribution in [-0.4, -0.2) is 48.0 Å². The van der Waals surface area contributed by atoms with Gasteiger partial charge in [-0.3, -0.25) is 9.59 Å². The van der Waals surface area contributed by atoms with E-state index in [-0.39, 0.29) is 35.2 Å². The molecule has 180 valence electrons. The van der Waals surface area contributed by atoms with Crippen molar-refractivity contribution in [2.24, 2.45) is 5.73 Å². The molecule has 1 aliphatic rings. The van der Waals surface area contributed by atoms with Gasteiger partial charge in [0.05, 0.1) is 11.3 Å². The Hall–Kier alpha value is -2.33. The Bertz CT molecular complexity index is 1060. The average Bonchev–Trinajstić information content (AvgIpc) is 2.95. The summed E-state index contributed by atoms with van der Waals surface area (Å²) >= 11 is 6.20. The molecule has 0 fully saturated rings. The number of amides is 2. The van der Waals surface area contributed by atoms with Crippen molar-refractivity contribution in [3.8, 4) is 0 Å². The van der Waals surface area contributed by atoms with Gasteiger partial charge in [-0.1, -0.05) is 43.6 Å². The Kier molecular flexibility index (Phi) is 8.06. The summed E-state index contributed by atoms with van der Waals surface area (Å²) in [7, 11) is 0. The number of carbonyl (C=O) groups is 2. The first-order valence-corrected chi connectivity index (χ1v) is 10.4. The number of carbonyl (C=O) groups excluding carboxylic acids is 2. The van der Waals surface area contributed by atoms with Gasteiger partial charge in [0.15, 0.2) is 5.60 Å². The fourth-order valence-electron chi connectivity index (χ4n) is 4.01. The quantitative estimate of drug-likeness (QED) is 0.598. The molecule has 0 bridgehead atoms. The lowest BCUT2D eigenvalue weighted by Crippen LogP contribution is -2.44. The highest BCUT2D eigenvalue weighted by molar-refractivity contribution is 6.32. The first-order chi connectivity index (χ1) is 15.0. The first kappa shape index (κ1) is 26.9. The number of benzene rings is 2. The zero-order valence-corrected chi connectivity index (χ0v) is 19.5. The van der Waals surface area contributed by atoms with E-state index in [0.29, 0.717) is 25.7 Å². The number of likely N-dealkylation sites (N-methyl/N-ethyl adjacent to an activating group) is 1. The van der Waals surface area contributed by atoms with Gasteiger partial charge in [-0.05, 0) is 31.3 Å². The van der Waals surface area contributed by atoms with Crippen LogP contribution in [-0.2, 0) is 16.6 Å². The van der Waals surface area contributed by atoms with Gasteiger partial charge in [-0.25, -0.2) is 0 Å². The molecule has 0 aromatic heterocycles. The number of primary amides is 1. The van der Waals surface area contributed by atoms with Crippen molar-refractivity contribution in [3.05, 3.63) is 63.7 Å². The Morgan fingerprint density at radius 3 is 2.33 bits per heavy atom. The fraction of sp³-hybridized carbons (Fsp3) is 0.364. The molecule has 0 aliphatic carbocycles. The molecule has 1 atom stereocenters. The lowest BCUT2D eigenvalue weighted by atomic mass is 9.83. The topological polar surface area (TPSA) is 86.9 Å². The Morgan fingerprint density at radius 2 is 1.82 bits per heavy atom. The molecule has 2 amide bonds. The molecule has 1 aliphatic heterocycles. The molecule has 0 spiro atoms. The van der Waals surface area contributed by atoms with Gasteiger partial charge in [0.1, 0.15) is 0 Å². The van der Waals surface area contributed by atoms with Crippen molar-refractivity contribution in [2.75, 3.05) is 31.1 Å². The third-order valence-electron chi connectivity index (χ3n) is 5.71. The van der Waals surface area contributed by atoms with Crippen molar-refractivity contribution in [1.82, 2.24) is 4.90 Å². The van der Waals surface area contributed by atoms with Crippen LogP contribution in [0.2, 0.25) is 5.02 Å². The lowest BCUT2D eigenvalue weighted by molar-refractivity contribution is -0.142. The molecule has 6 nitrogen and oxygen atoms in total. The van der Waals surface area contributed by atoms with E-state index in [2.05, 4.69) is 0 Å². The second-order valence-electron chi connectivity index (χ2n) is 7.45. The van der Waals surface area contributed by atoms with Crippen LogP contribution in [0.4, 0.5) is 18.9 Å². The molecule has 0 saturated heterocycles. The molecule has 2 aromatic carbocycles. The van der Waals surface area contributed by atoms with Crippen LogP contribution >= 0.6 is 24.0 Å². The third kappa shape index (κ3) is 4.68. The van der Waals surface area contributed by atoms with Gasteiger partial charge in [0, 0.05) is 34.8 Å². The third-order valence-corrected chi connectivity index (χ3v) is 6.04. The molecule has 1 heterocycles. The molecule has 33 heavy (non-hydrogen) atoms. The second-order valence-corrected chi connectivity index (χ2v) is 7.86. The van der Waals surface area contributed by atoms with Crippen molar-refractivity contribution < 1.29 is 27.9 Å². The van der Waals surface area contributed by atoms with E-state index in [9.17, 15) is 27.9 Å². The number of aliphatic hydroxyl groups is 1. The van der Waals surface area contributed by atoms with Crippen LogP contribution in [0.15, 0.2) is 36.4 Å². The number of nitrogens with zero attached hydrogens (tertiary/aromatic N) is 2. The number of anilines is 1. The predicted molar refractivity (Wildman–Crippen MR) is 122 cm³/mol. The molecular formula is C22H24Cl2F3N3O3. The van der Waals surface area contributed by atoms with E-state index in [1.54, 1.807) is 0 Å². The summed E-state index contributed by atoms with van der Waals surface area (Å²) in [6.45, 7) is 5.50. The van der Waals surface area contributed by atoms with Gasteiger partial charge in [0.25, 0.3) is 5.91 Å². The van der Waals surface area contributed by atoms with Gasteiger partial charge in [0.2, 0.25) is 5.91 Å². The molecule has 11 heteroatoms. The second kappa shape index (κ2) is 9.89. The highest BCUT2D eigenvalue weighted by atomic mass is 35.5. The first-order valence-electron chi connectivity index (χ1n) is 10.0. The Morgan fingerprint density at radius 1 is 1.21 bits per heavy atom. The van der Waals surface area contributed by atoms with Crippen molar-refractivity contribution in [1.29, 1.82) is 0 Å². The van der Waals surface area contributed by atoms with Gasteiger partial charge < -0.3 is 20.6 Å². The van der Waals surface area contributed by atoms with Crippen LogP contribution in [0.3, 0.4) is 0 Å². The summed E-state index contributed by atoms with van der Waals surface area (Å²) < 4.78 is 42.3. The SMILES string of the molecule is CCN(CC)CCN1C(=O)[C@@](O)(c2ccccc2Cl)c2c1cc(C(N)=O)cc2C(F)(F)F.Cl. The zero-order chi connectivity index (χ0) is 23.8. The maximum atomic E-state index is 14.1. The molecule has 0 saturated carbocycles. The van der Waals surface area contributed by atoms with E-state index in [1.165, 1.54) is 24.3 Å². The van der Waals surface area contributed by atoms with E-state index in [0.717, 1.165) is 11.0 Å². The van der Waals surface area contributed by atoms with Crippen LogP contribution in [0.1, 0.15) is 40.9 Å². The zero-order valence-electron chi connectivity index (χ0n) is 17.9. The van der Waals surface area contributed by atoms with Crippen molar-refractivity contribution in [3.63, 3.8) is 0 Å². The lowest BCUT2D eigenvalue weighted by Gasteiger charge is -2.27. The summed E-state index contributed by atoms with van der Waals surface area (Å²) in [6, 6.07) is 7.36. The van der Waals surface area contributed by atoms with Crippen LogP contribution in [0.25, 0.3) is 0 Å². The molecule has 3 N–H and O–H groups in total. The summed E-state index contributed by atoms with van der Waals surface area (Å²) in [4.78, 5) is 28.3. The minimum absolute atomic E-state index is 0. The maximum Gasteiger partial charge on any atom is 0.416 e. The number of hydrogen-bond donors (Lipinski definition) is 2. The average molecular weight is 506 g/mol. The number of rotatable bonds is 7. The van der Waals surface area contributed by atoms with Gasteiger partial charge in [-0.2, -0.15) is 13.2 Å². The predicted octanol–water partition coefficient (Wildman–Crippen LogP) is 3.80. The Balaban J connectivity index is 0.00000385. The normalized spacial score (nSPS) is 17.8. The molecule has 3 rings (SSSR count). The number of alkyl halides is 3. The van der Waals surface area contributed by atoms with Gasteiger partial charge >= 0.3 is 6.18 Å².